The van der Waals surface area contributed by atoms with Gasteiger partial charge in [-0.05, 0) is 0 Å². The van der Waals surface area contributed by atoms with Crippen LogP contribution in [-0.4, -0.2) is 46.1 Å². The summed E-state index contributed by atoms with van der Waals surface area (Å²) in [6.07, 6.45) is -0.913. The Kier molecular flexibility index (Phi) is 4.31. The van der Waals surface area contributed by atoms with E-state index < -0.39 is 40.3 Å². The summed E-state index contributed by atoms with van der Waals surface area (Å²) in [4.78, 5) is 25.0. The Morgan fingerprint density at radius 2 is 1.96 bits per heavy atom. The number of benzene rings is 1. The quantitative estimate of drug-likeness (QED) is 0.742. The maximum Gasteiger partial charge on any atom is 0.415 e. The molecule has 2 heterocycles. The zero-order chi connectivity index (χ0) is 18.4. The predicted molar refractivity (Wildman–Crippen MR) is 87.4 cm³/mol. The number of amides is 2. The standard InChI is InChI=1S/C14H15F2N3O5S/c15-9-5-8(19-7-11(13(17)20)24-14(19)21)6-10(16)12(9)18-1-3-25(22,23)4-2-18/h1,3,5-6,11,22-23H,2,4,7H2,(H2,17,20)/t11-/m1/s1. The van der Waals surface area contributed by atoms with E-state index in [4.69, 9.17) is 10.5 Å². The maximum absolute atomic E-state index is 14.4. The van der Waals surface area contributed by atoms with Crippen LogP contribution in [0.5, 0.6) is 0 Å². The molecule has 8 nitrogen and oxygen atoms in total. The molecular weight excluding hydrogens is 360 g/mol. The fourth-order valence-corrected chi connectivity index (χ4v) is 3.48. The van der Waals surface area contributed by atoms with Gasteiger partial charge in [-0.3, -0.25) is 18.8 Å². The van der Waals surface area contributed by atoms with E-state index in [1.54, 1.807) is 0 Å². The molecule has 0 bridgehead atoms. The van der Waals surface area contributed by atoms with Crippen molar-refractivity contribution in [2.24, 2.45) is 5.73 Å². The van der Waals surface area contributed by atoms with Crippen LogP contribution in [0.3, 0.4) is 0 Å². The van der Waals surface area contributed by atoms with Crippen molar-refractivity contribution in [1.29, 1.82) is 0 Å². The van der Waals surface area contributed by atoms with Gasteiger partial charge < -0.3 is 15.4 Å². The minimum atomic E-state index is -2.87. The van der Waals surface area contributed by atoms with Crippen LogP contribution in [0.25, 0.3) is 0 Å². The van der Waals surface area contributed by atoms with Crippen molar-refractivity contribution in [3.63, 3.8) is 0 Å². The van der Waals surface area contributed by atoms with Crippen LogP contribution < -0.4 is 15.5 Å². The lowest BCUT2D eigenvalue weighted by molar-refractivity contribution is -0.124. The Bertz CT molecular complexity index is 750. The topological polar surface area (TPSA) is 116 Å². The molecule has 0 spiro atoms. The van der Waals surface area contributed by atoms with Crippen molar-refractivity contribution >= 4 is 34.0 Å². The zero-order valence-electron chi connectivity index (χ0n) is 12.8. The number of rotatable bonds is 3. The van der Waals surface area contributed by atoms with Crippen molar-refractivity contribution < 1.29 is 32.2 Å². The van der Waals surface area contributed by atoms with Crippen LogP contribution in [0.15, 0.2) is 23.7 Å². The van der Waals surface area contributed by atoms with Crippen LogP contribution >= 0.6 is 10.6 Å². The number of cyclic esters (lactones) is 1. The summed E-state index contributed by atoms with van der Waals surface area (Å²) in [5.74, 6) is -2.81. The summed E-state index contributed by atoms with van der Waals surface area (Å²) < 4.78 is 52.6. The maximum atomic E-state index is 14.4. The van der Waals surface area contributed by atoms with E-state index in [0.29, 0.717) is 0 Å². The van der Waals surface area contributed by atoms with E-state index in [1.807, 2.05) is 0 Å². The third-order valence-corrected chi connectivity index (χ3v) is 5.16. The SMILES string of the molecule is NC(=O)[C@H]1CN(c2cc(F)c(N3C=CS(O)(O)CC3)c(F)c2)C(=O)O1. The van der Waals surface area contributed by atoms with Gasteiger partial charge in [-0.1, -0.05) is 0 Å². The largest absolute Gasteiger partial charge is 0.434 e. The minimum Gasteiger partial charge on any atom is -0.434 e. The molecule has 0 unspecified atom stereocenters. The number of primary amides is 1. The predicted octanol–water partition coefficient (Wildman–Crippen LogP) is 1.82. The molecule has 136 valence electrons. The molecule has 1 aromatic carbocycles. The molecule has 3 rings (SSSR count). The summed E-state index contributed by atoms with van der Waals surface area (Å²) in [5, 5.41) is 1.10. The minimum absolute atomic E-state index is 0.0154. The fraction of sp³-hybridized carbons (Fsp3) is 0.286. The third-order valence-electron chi connectivity index (χ3n) is 3.82. The number of halogens is 2. The van der Waals surface area contributed by atoms with Gasteiger partial charge >= 0.3 is 6.09 Å². The number of anilines is 2. The second-order valence-electron chi connectivity index (χ2n) is 5.54. The lowest BCUT2D eigenvalue weighted by atomic mass is 10.2. The molecule has 0 saturated carbocycles. The average Bonchev–Trinajstić information content (AvgIpc) is 2.90. The smallest absolute Gasteiger partial charge is 0.415 e. The van der Waals surface area contributed by atoms with Gasteiger partial charge in [0.2, 0.25) is 0 Å². The summed E-state index contributed by atoms with van der Waals surface area (Å²) >= 11 is 0. The van der Waals surface area contributed by atoms with Gasteiger partial charge in [0.15, 0.2) is 17.7 Å². The van der Waals surface area contributed by atoms with Crippen molar-refractivity contribution in [2.75, 3.05) is 28.6 Å². The number of nitrogens with zero attached hydrogens (tertiary/aromatic N) is 2. The van der Waals surface area contributed by atoms with E-state index in [2.05, 4.69) is 0 Å². The summed E-state index contributed by atoms with van der Waals surface area (Å²) in [5.41, 5.74) is 4.57. The molecule has 4 N–H and O–H groups in total. The molecule has 25 heavy (non-hydrogen) atoms. The summed E-state index contributed by atoms with van der Waals surface area (Å²) in [6, 6.07) is 1.87. The lowest BCUT2D eigenvalue weighted by Gasteiger charge is -2.36. The molecular formula is C14H15F2N3O5S. The van der Waals surface area contributed by atoms with Crippen molar-refractivity contribution in [3.8, 4) is 0 Å². The second-order valence-corrected chi connectivity index (χ2v) is 7.66. The highest BCUT2D eigenvalue weighted by Crippen LogP contribution is 2.43. The van der Waals surface area contributed by atoms with E-state index in [1.165, 1.54) is 11.1 Å². The van der Waals surface area contributed by atoms with E-state index in [9.17, 15) is 27.5 Å². The number of carbonyl (C=O) groups excluding carboxylic acids is 2. The van der Waals surface area contributed by atoms with Crippen molar-refractivity contribution in [1.82, 2.24) is 0 Å². The Balaban J connectivity index is 1.89. The number of hydrogen-bond acceptors (Lipinski definition) is 6. The molecule has 1 aromatic rings. The number of nitrogens with two attached hydrogens (primary N) is 1. The number of ether oxygens (including phenoxy) is 1. The monoisotopic (exact) mass is 375 g/mol. The molecule has 2 aliphatic rings. The highest BCUT2D eigenvalue weighted by Gasteiger charge is 2.36. The Hall–Kier alpha value is -2.37. The lowest BCUT2D eigenvalue weighted by Crippen LogP contribution is -2.33. The van der Waals surface area contributed by atoms with Gasteiger partial charge in [0.25, 0.3) is 5.91 Å². The van der Waals surface area contributed by atoms with Crippen LogP contribution in [0.4, 0.5) is 25.0 Å². The average molecular weight is 375 g/mol. The molecule has 1 fully saturated rings. The Morgan fingerprint density at radius 3 is 2.44 bits per heavy atom. The van der Waals surface area contributed by atoms with Crippen molar-refractivity contribution in [3.05, 3.63) is 35.4 Å². The van der Waals surface area contributed by atoms with Crippen molar-refractivity contribution in [2.45, 2.75) is 6.10 Å². The van der Waals surface area contributed by atoms with Crippen LogP contribution in [0, 0.1) is 11.6 Å². The van der Waals surface area contributed by atoms with Crippen LogP contribution in [0.2, 0.25) is 0 Å². The number of hydrogen-bond donors (Lipinski definition) is 3. The summed E-state index contributed by atoms with van der Waals surface area (Å²) in [6.45, 7) is -0.224. The Morgan fingerprint density at radius 1 is 1.32 bits per heavy atom. The van der Waals surface area contributed by atoms with E-state index >= 15 is 0 Å². The van der Waals surface area contributed by atoms with Gasteiger partial charge in [-0.2, -0.15) is 10.6 Å². The number of carbonyl (C=O) groups is 2. The Labute approximate surface area is 142 Å². The normalized spacial score (nSPS) is 23.5. The molecule has 2 aliphatic heterocycles. The van der Waals surface area contributed by atoms with Gasteiger partial charge in [-0.15, -0.1) is 0 Å². The van der Waals surface area contributed by atoms with E-state index in [-0.39, 0.29) is 30.2 Å². The molecule has 11 heteroatoms. The first kappa shape index (κ1) is 17.5. The van der Waals surface area contributed by atoms with Crippen LogP contribution in [0.1, 0.15) is 0 Å². The first-order valence-electron chi connectivity index (χ1n) is 7.15. The van der Waals surface area contributed by atoms with Gasteiger partial charge in [0.1, 0.15) is 5.69 Å². The highest BCUT2D eigenvalue weighted by molar-refractivity contribution is 8.26. The second kappa shape index (κ2) is 6.17. The van der Waals surface area contributed by atoms with Gasteiger partial charge in [-0.25, -0.2) is 13.6 Å². The molecule has 1 saturated heterocycles. The zero-order valence-corrected chi connectivity index (χ0v) is 13.6. The molecule has 0 aromatic heterocycles. The fourth-order valence-electron chi connectivity index (χ4n) is 2.54. The summed E-state index contributed by atoms with van der Waals surface area (Å²) in [7, 11) is -2.87. The van der Waals surface area contributed by atoms with Crippen LogP contribution in [-0.2, 0) is 9.53 Å². The first-order chi connectivity index (χ1) is 11.7. The van der Waals surface area contributed by atoms with Gasteiger partial charge in [0.05, 0.1) is 18.0 Å². The molecule has 0 aliphatic carbocycles. The molecule has 2 amide bonds. The first-order valence-corrected chi connectivity index (χ1v) is 8.93. The molecule has 0 radical (unpaired) electrons. The molecule has 1 atom stereocenters. The van der Waals surface area contributed by atoms with Gasteiger partial charge in [0, 0.05) is 30.3 Å². The third kappa shape index (κ3) is 3.38. The van der Waals surface area contributed by atoms with E-state index in [0.717, 1.165) is 22.4 Å². The highest BCUT2D eigenvalue weighted by atomic mass is 32.3.